The van der Waals surface area contributed by atoms with Gasteiger partial charge in [0.25, 0.3) is 0 Å². The first kappa shape index (κ1) is 15.4. The largest absolute Gasteiger partial charge is 0.326 e. The molecule has 0 aromatic heterocycles. The first-order valence-electron chi connectivity index (χ1n) is 8.13. The van der Waals surface area contributed by atoms with Gasteiger partial charge < -0.3 is 5.32 Å². The summed E-state index contributed by atoms with van der Waals surface area (Å²) in [5, 5.41) is 3.34. The van der Waals surface area contributed by atoms with Crippen molar-refractivity contribution in [2.75, 3.05) is 11.9 Å². The normalized spacial score (nSPS) is 30.1. The number of hydrogen-bond donors (Lipinski definition) is 1. The van der Waals surface area contributed by atoms with Crippen molar-refractivity contribution < 1.29 is 14.4 Å². The van der Waals surface area contributed by atoms with Gasteiger partial charge in [-0.25, -0.2) is 0 Å². The number of imide groups is 1. The Morgan fingerprint density at radius 2 is 1.67 bits per heavy atom. The fraction of sp³-hybridized carbons (Fsp3) is 0.389. The highest BCUT2D eigenvalue weighted by Crippen LogP contribution is 2.52. The molecule has 1 saturated carbocycles. The second-order valence-electron chi connectivity index (χ2n) is 6.63. The molecule has 2 aliphatic carbocycles. The van der Waals surface area contributed by atoms with Gasteiger partial charge in [0.2, 0.25) is 17.7 Å². The summed E-state index contributed by atoms with van der Waals surface area (Å²) in [7, 11) is 0. The highest BCUT2D eigenvalue weighted by atomic mass is 35.5. The van der Waals surface area contributed by atoms with Crippen molar-refractivity contribution in [3.8, 4) is 0 Å². The maximum Gasteiger partial charge on any atom is 0.233 e. The van der Waals surface area contributed by atoms with Crippen LogP contribution in [0.4, 0.5) is 5.69 Å². The van der Waals surface area contributed by atoms with Crippen LogP contribution >= 0.6 is 11.6 Å². The van der Waals surface area contributed by atoms with Gasteiger partial charge in [0.15, 0.2) is 0 Å². The zero-order valence-electron chi connectivity index (χ0n) is 12.9. The van der Waals surface area contributed by atoms with Crippen LogP contribution in [0.25, 0.3) is 0 Å². The second kappa shape index (κ2) is 5.74. The quantitative estimate of drug-likeness (QED) is 0.674. The molecule has 2 bridgehead atoms. The lowest BCUT2D eigenvalue weighted by atomic mass is 9.85. The molecule has 3 amide bonds. The van der Waals surface area contributed by atoms with E-state index in [2.05, 4.69) is 17.5 Å². The molecule has 1 aliphatic heterocycles. The lowest BCUT2D eigenvalue weighted by molar-refractivity contribution is -0.140. The van der Waals surface area contributed by atoms with E-state index >= 15 is 0 Å². The Labute approximate surface area is 144 Å². The maximum atomic E-state index is 12.5. The number of rotatable bonds is 4. The van der Waals surface area contributed by atoms with Gasteiger partial charge in [-0.3, -0.25) is 19.3 Å². The molecule has 0 radical (unpaired) electrons. The molecule has 124 valence electrons. The van der Waals surface area contributed by atoms with Crippen LogP contribution in [0, 0.1) is 23.7 Å². The lowest BCUT2D eigenvalue weighted by Crippen LogP contribution is -2.35. The Bertz CT molecular complexity index is 713. The molecule has 0 spiro atoms. The molecule has 24 heavy (non-hydrogen) atoms. The predicted molar refractivity (Wildman–Crippen MR) is 89.1 cm³/mol. The number of likely N-dealkylation sites (tertiary alicyclic amines) is 1. The Hall–Kier alpha value is -2.14. The Balaban J connectivity index is 1.36. The molecular weight excluding hydrogens is 328 g/mol. The summed E-state index contributed by atoms with van der Waals surface area (Å²) in [5.74, 6) is -0.453. The van der Waals surface area contributed by atoms with Crippen LogP contribution in [0.1, 0.15) is 12.8 Å². The van der Waals surface area contributed by atoms with Crippen LogP contribution < -0.4 is 5.32 Å². The molecule has 1 aromatic rings. The summed E-state index contributed by atoms with van der Waals surface area (Å²) < 4.78 is 0. The Morgan fingerprint density at radius 3 is 2.25 bits per heavy atom. The van der Waals surface area contributed by atoms with Gasteiger partial charge in [0.05, 0.1) is 11.8 Å². The van der Waals surface area contributed by atoms with E-state index in [0.29, 0.717) is 10.7 Å². The van der Waals surface area contributed by atoms with E-state index in [-0.39, 0.29) is 54.4 Å². The van der Waals surface area contributed by atoms with Crippen molar-refractivity contribution in [3.63, 3.8) is 0 Å². The molecule has 2 fully saturated rings. The molecule has 4 rings (SSSR count). The third-order valence-corrected chi connectivity index (χ3v) is 5.50. The van der Waals surface area contributed by atoms with Crippen molar-refractivity contribution in [1.82, 2.24) is 4.90 Å². The van der Waals surface area contributed by atoms with E-state index < -0.39 is 0 Å². The van der Waals surface area contributed by atoms with Crippen LogP contribution in [0.5, 0.6) is 0 Å². The van der Waals surface area contributed by atoms with Crippen LogP contribution in [0.2, 0.25) is 5.02 Å². The monoisotopic (exact) mass is 344 g/mol. The van der Waals surface area contributed by atoms with Gasteiger partial charge in [0, 0.05) is 23.7 Å². The number of hydrogen-bond acceptors (Lipinski definition) is 3. The summed E-state index contributed by atoms with van der Waals surface area (Å²) >= 11 is 5.80. The molecule has 4 atom stereocenters. The lowest BCUT2D eigenvalue weighted by Gasteiger charge is -2.16. The van der Waals surface area contributed by atoms with Crippen LogP contribution in [-0.2, 0) is 14.4 Å². The van der Waals surface area contributed by atoms with E-state index in [0.717, 1.165) is 6.42 Å². The topological polar surface area (TPSA) is 66.5 Å². The number of nitrogens with one attached hydrogen (secondary N) is 1. The Kier molecular flexibility index (Phi) is 3.68. The van der Waals surface area contributed by atoms with Crippen LogP contribution in [0.3, 0.4) is 0 Å². The molecule has 1 saturated heterocycles. The third-order valence-electron chi connectivity index (χ3n) is 5.25. The molecule has 6 heteroatoms. The molecule has 1 N–H and O–H groups in total. The van der Waals surface area contributed by atoms with Crippen LogP contribution in [0.15, 0.2) is 36.4 Å². The summed E-state index contributed by atoms with van der Waals surface area (Å²) in [6, 6.07) is 6.80. The second-order valence-corrected chi connectivity index (χ2v) is 7.07. The number of allylic oxidation sites excluding steroid dienone is 2. The highest BCUT2D eigenvalue weighted by Gasteiger charge is 2.58. The fourth-order valence-corrected chi connectivity index (χ4v) is 4.28. The van der Waals surface area contributed by atoms with Gasteiger partial charge in [-0.05, 0) is 42.5 Å². The number of halogens is 1. The number of nitrogens with zero attached hydrogens (tertiary/aromatic N) is 1. The number of benzene rings is 1. The standard InChI is InChI=1S/C18H17ClN2O3/c19-12-3-5-13(6-4-12)20-14(22)7-8-21-17(23)15-10-1-2-11(9-10)16(15)18(21)24/h1-6,10-11,15-16H,7-9H2,(H,20,22)/t10-,11-,15-,16+/m0/s1. The highest BCUT2D eigenvalue weighted by molar-refractivity contribution is 6.30. The zero-order valence-corrected chi connectivity index (χ0v) is 13.7. The van der Waals surface area contributed by atoms with Crippen molar-refractivity contribution in [2.24, 2.45) is 23.7 Å². The minimum absolute atomic E-state index is 0.0995. The minimum Gasteiger partial charge on any atom is -0.326 e. The average Bonchev–Trinajstić information content (AvgIpc) is 3.23. The fourth-order valence-electron chi connectivity index (χ4n) is 4.15. The minimum atomic E-state index is -0.226. The van der Waals surface area contributed by atoms with Gasteiger partial charge in [-0.2, -0.15) is 0 Å². The van der Waals surface area contributed by atoms with Crippen LogP contribution in [-0.4, -0.2) is 29.2 Å². The summed E-state index contributed by atoms with van der Waals surface area (Å²) in [6.07, 6.45) is 5.14. The van der Waals surface area contributed by atoms with Crippen molar-refractivity contribution in [2.45, 2.75) is 12.8 Å². The first-order valence-corrected chi connectivity index (χ1v) is 8.51. The van der Waals surface area contributed by atoms with Crippen molar-refractivity contribution >= 4 is 35.0 Å². The summed E-state index contributed by atoms with van der Waals surface area (Å²) in [4.78, 5) is 38.4. The molecule has 5 nitrogen and oxygen atoms in total. The number of anilines is 1. The number of fused-ring (bicyclic) bond motifs is 5. The van der Waals surface area contributed by atoms with E-state index in [1.807, 2.05) is 0 Å². The predicted octanol–water partition coefficient (Wildman–Crippen LogP) is 2.48. The molecular formula is C18H17ClN2O3. The van der Waals surface area contributed by atoms with Gasteiger partial charge in [0.1, 0.15) is 0 Å². The summed E-state index contributed by atoms with van der Waals surface area (Å²) in [6.45, 7) is 0.142. The smallest absolute Gasteiger partial charge is 0.233 e. The molecule has 1 heterocycles. The van der Waals surface area contributed by atoms with Gasteiger partial charge >= 0.3 is 0 Å². The van der Waals surface area contributed by atoms with Gasteiger partial charge in [-0.1, -0.05) is 23.8 Å². The van der Waals surface area contributed by atoms with Crippen molar-refractivity contribution in [3.05, 3.63) is 41.4 Å². The van der Waals surface area contributed by atoms with Gasteiger partial charge in [-0.15, -0.1) is 0 Å². The van der Waals surface area contributed by atoms with Crippen molar-refractivity contribution in [1.29, 1.82) is 0 Å². The van der Waals surface area contributed by atoms with E-state index in [9.17, 15) is 14.4 Å². The summed E-state index contributed by atoms with van der Waals surface area (Å²) in [5.41, 5.74) is 0.641. The molecule has 0 unspecified atom stereocenters. The average molecular weight is 345 g/mol. The first-order chi connectivity index (χ1) is 11.5. The van der Waals surface area contributed by atoms with E-state index in [1.165, 1.54) is 4.90 Å². The molecule has 1 aromatic carbocycles. The number of carbonyl (C=O) groups excluding carboxylic acids is 3. The van der Waals surface area contributed by atoms with E-state index in [1.54, 1.807) is 24.3 Å². The zero-order chi connectivity index (χ0) is 16.8. The Morgan fingerprint density at radius 1 is 1.08 bits per heavy atom. The number of amides is 3. The maximum absolute atomic E-state index is 12.5. The third kappa shape index (κ3) is 2.44. The van der Waals surface area contributed by atoms with E-state index in [4.69, 9.17) is 11.6 Å². The number of carbonyl (C=O) groups is 3. The SMILES string of the molecule is O=C(CCN1C(=O)[C@@H]2[C@H](C1=O)[C@H]1C=C[C@H]2C1)Nc1ccc(Cl)cc1. The molecule has 3 aliphatic rings.